The van der Waals surface area contributed by atoms with Crippen molar-refractivity contribution >= 4 is 10.0 Å². The van der Waals surface area contributed by atoms with Gasteiger partial charge in [0.1, 0.15) is 0 Å². The van der Waals surface area contributed by atoms with Crippen LogP contribution in [0.15, 0.2) is 24.5 Å². The van der Waals surface area contributed by atoms with Gasteiger partial charge in [0.05, 0.1) is 5.75 Å². The molecule has 0 spiro atoms. The summed E-state index contributed by atoms with van der Waals surface area (Å²) in [6.45, 7) is 0.374. The zero-order valence-electron chi connectivity index (χ0n) is 10.2. The summed E-state index contributed by atoms with van der Waals surface area (Å²) in [6.07, 6.45) is 5.99. The molecule has 3 N–H and O–H groups in total. The number of hydrogen-bond acceptors (Lipinski definition) is 4. The predicted octanol–water partition coefficient (Wildman–Crippen LogP) is 0.281. The van der Waals surface area contributed by atoms with Gasteiger partial charge < -0.3 is 5.73 Å². The lowest BCUT2D eigenvalue weighted by atomic mass is 10.2. The summed E-state index contributed by atoms with van der Waals surface area (Å²) in [5.41, 5.74) is 6.57. The summed E-state index contributed by atoms with van der Waals surface area (Å²) >= 11 is 0. The molecule has 1 aromatic rings. The summed E-state index contributed by atoms with van der Waals surface area (Å²) < 4.78 is 26.6. The Morgan fingerprint density at radius 2 is 2.06 bits per heavy atom. The van der Waals surface area contributed by atoms with Crippen LogP contribution in [0.5, 0.6) is 0 Å². The maximum Gasteiger partial charge on any atom is 0.212 e. The minimum atomic E-state index is -3.25. The SMILES string of the molecule is NCC(NS(=O)(=O)CCc1ccncc1)C1CC1. The topological polar surface area (TPSA) is 85.1 Å². The lowest BCUT2D eigenvalue weighted by Gasteiger charge is -2.16. The fourth-order valence-corrected chi connectivity index (χ4v) is 3.30. The Morgan fingerprint density at radius 3 is 2.61 bits per heavy atom. The van der Waals surface area contributed by atoms with E-state index in [2.05, 4.69) is 9.71 Å². The quantitative estimate of drug-likeness (QED) is 0.744. The minimum Gasteiger partial charge on any atom is -0.329 e. The number of nitrogens with two attached hydrogens (primary N) is 1. The number of hydrogen-bond donors (Lipinski definition) is 2. The van der Waals surface area contributed by atoms with Crippen molar-refractivity contribution < 1.29 is 8.42 Å². The second-order valence-electron chi connectivity index (χ2n) is 4.72. The number of nitrogens with zero attached hydrogens (tertiary/aromatic N) is 1. The smallest absolute Gasteiger partial charge is 0.212 e. The highest BCUT2D eigenvalue weighted by Crippen LogP contribution is 2.32. The van der Waals surface area contributed by atoms with Gasteiger partial charge in [-0.05, 0) is 42.9 Å². The van der Waals surface area contributed by atoms with E-state index in [0.717, 1.165) is 18.4 Å². The first-order chi connectivity index (χ1) is 8.61. The Balaban J connectivity index is 1.87. The first-order valence-corrected chi connectivity index (χ1v) is 7.85. The van der Waals surface area contributed by atoms with Gasteiger partial charge in [0, 0.05) is 25.0 Å². The minimum absolute atomic E-state index is 0.0903. The van der Waals surface area contributed by atoms with Crippen molar-refractivity contribution in [2.75, 3.05) is 12.3 Å². The Hall–Kier alpha value is -0.980. The van der Waals surface area contributed by atoms with E-state index in [1.165, 1.54) is 0 Å². The summed E-state index contributed by atoms with van der Waals surface area (Å²) in [6, 6.07) is 3.57. The molecule has 2 rings (SSSR count). The van der Waals surface area contributed by atoms with E-state index >= 15 is 0 Å². The highest BCUT2D eigenvalue weighted by Gasteiger charge is 2.32. The number of nitrogens with one attached hydrogen (secondary N) is 1. The largest absolute Gasteiger partial charge is 0.329 e. The molecule has 1 aliphatic rings. The number of aryl methyl sites for hydroxylation is 1. The lowest BCUT2D eigenvalue weighted by molar-refractivity contribution is 0.519. The first kappa shape index (κ1) is 13.5. The molecular weight excluding hydrogens is 250 g/mol. The molecule has 1 aromatic heterocycles. The maximum atomic E-state index is 11.9. The van der Waals surface area contributed by atoms with E-state index in [-0.39, 0.29) is 11.8 Å². The maximum absolute atomic E-state index is 11.9. The van der Waals surface area contributed by atoms with Crippen LogP contribution in [-0.2, 0) is 16.4 Å². The zero-order valence-corrected chi connectivity index (χ0v) is 11.1. The molecule has 0 radical (unpaired) electrons. The summed E-state index contributed by atoms with van der Waals surface area (Å²) in [4.78, 5) is 3.90. The molecule has 6 heteroatoms. The highest BCUT2D eigenvalue weighted by atomic mass is 32.2. The normalized spacial score (nSPS) is 17.6. The van der Waals surface area contributed by atoms with Crippen LogP contribution in [0.2, 0.25) is 0 Å². The van der Waals surface area contributed by atoms with Crippen molar-refractivity contribution in [3.63, 3.8) is 0 Å². The molecule has 0 bridgehead atoms. The van der Waals surface area contributed by atoms with Crippen LogP contribution >= 0.6 is 0 Å². The molecule has 1 unspecified atom stereocenters. The lowest BCUT2D eigenvalue weighted by Crippen LogP contribution is -2.42. The second kappa shape index (κ2) is 5.77. The van der Waals surface area contributed by atoms with Gasteiger partial charge in [0.25, 0.3) is 0 Å². The van der Waals surface area contributed by atoms with Crippen LogP contribution in [0.4, 0.5) is 0 Å². The van der Waals surface area contributed by atoms with Crippen LogP contribution in [-0.4, -0.2) is 31.7 Å². The van der Waals surface area contributed by atoms with Crippen molar-refractivity contribution in [2.24, 2.45) is 11.7 Å². The number of sulfonamides is 1. The summed E-state index contributed by atoms with van der Waals surface area (Å²) in [7, 11) is -3.25. The fraction of sp³-hybridized carbons (Fsp3) is 0.583. The molecule has 18 heavy (non-hydrogen) atoms. The average Bonchev–Trinajstić information content (AvgIpc) is 3.19. The molecule has 0 amide bonds. The molecular formula is C12H19N3O2S. The van der Waals surface area contributed by atoms with Crippen molar-refractivity contribution in [1.29, 1.82) is 0 Å². The molecule has 0 aliphatic heterocycles. The van der Waals surface area contributed by atoms with Gasteiger partial charge in [0.15, 0.2) is 0 Å². The zero-order chi connectivity index (χ0) is 13.0. The van der Waals surface area contributed by atoms with Crippen LogP contribution in [0.1, 0.15) is 18.4 Å². The average molecular weight is 269 g/mol. The van der Waals surface area contributed by atoms with Crippen molar-refractivity contribution in [2.45, 2.75) is 25.3 Å². The van der Waals surface area contributed by atoms with E-state index in [1.54, 1.807) is 12.4 Å². The number of aromatic nitrogens is 1. The molecule has 0 aromatic carbocycles. The van der Waals surface area contributed by atoms with Gasteiger partial charge in [-0.15, -0.1) is 0 Å². The van der Waals surface area contributed by atoms with Crippen LogP contribution in [0, 0.1) is 5.92 Å². The summed E-state index contributed by atoms with van der Waals surface area (Å²) in [5.74, 6) is 0.533. The molecule has 1 saturated carbocycles. The monoisotopic (exact) mass is 269 g/mol. The second-order valence-corrected chi connectivity index (χ2v) is 6.60. The van der Waals surface area contributed by atoms with Crippen molar-refractivity contribution in [3.8, 4) is 0 Å². The predicted molar refractivity (Wildman–Crippen MR) is 70.4 cm³/mol. The Bertz CT molecular complexity index is 471. The third-order valence-corrected chi connectivity index (χ3v) is 4.59. The first-order valence-electron chi connectivity index (χ1n) is 6.20. The Morgan fingerprint density at radius 1 is 1.39 bits per heavy atom. The van der Waals surface area contributed by atoms with Gasteiger partial charge in [0.2, 0.25) is 10.0 Å². The van der Waals surface area contributed by atoms with E-state index in [1.807, 2.05) is 12.1 Å². The molecule has 1 heterocycles. The van der Waals surface area contributed by atoms with Gasteiger partial charge in [-0.1, -0.05) is 0 Å². The van der Waals surface area contributed by atoms with Gasteiger partial charge >= 0.3 is 0 Å². The Kier molecular flexibility index (Phi) is 4.31. The van der Waals surface area contributed by atoms with Crippen LogP contribution in [0.3, 0.4) is 0 Å². The number of pyridine rings is 1. The van der Waals surface area contributed by atoms with Crippen molar-refractivity contribution in [3.05, 3.63) is 30.1 Å². The van der Waals surface area contributed by atoms with Crippen LogP contribution in [0.25, 0.3) is 0 Å². The molecule has 1 fully saturated rings. The summed E-state index contributed by atoms with van der Waals surface area (Å²) in [5, 5.41) is 0. The van der Waals surface area contributed by atoms with E-state index < -0.39 is 10.0 Å². The van der Waals surface area contributed by atoms with Gasteiger partial charge in [-0.3, -0.25) is 4.98 Å². The fourth-order valence-electron chi connectivity index (χ4n) is 1.93. The van der Waals surface area contributed by atoms with Gasteiger partial charge in [-0.25, -0.2) is 13.1 Å². The third kappa shape index (κ3) is 4.04. The van der Waals surface area contributed by atoms with E-state index in [4.69, 9.17) is 5.73 Å². The van der Waals surface area contributed by atoms with E-state index in [9.17, 15) is 8.42 Å². The number of rotatable bonds is 7. The molecule has 1 aliphatic carbocycles. The highest BCUT2D eigenvalue weighted by molar-refractivity contribution is 7.89. The molecule has 5 nitrogen and oxygen atoms in total. The Labute approximate surface area is 108 Å². The molecule has 0 saturated heterocycles. The van der Waals surface area contributed by atoms with E-state index in [0.29, 0.717) is 18.9 Å². The third-order valence-electron chi connectivity index (χ3n) is 3.18. The van der Waals surface area contributed by atoms with Crippen molar-refractivity contribution in [1.82, 2.24) is 9.71 Å². The van der Waals surface area contributed by atoms with Gasteiger partial charge in [-0.2, -0.15) is 0 Å². The molecule has 100 valence electrons. The van der Waals surface area contributed by atoms with Crippen LogP contribution < -0.4 is 10.5 Å². The molecule has 1 atom stereocenters. The standard InChI is InChI=1S/C12H19N3O2S/c13-9-12(11-1-2-11)15-18(16,17)8-5-10-3-6-14-7-4-10/h3-4,6-7,11-12,15H,1-2,5,8-9,13H2.